The van der Waals surface area contributed by atoms with Crippen LogP contribution in [0.25, 0.3) is 0 Å². The van der Waals surface area contributed by atoms with E-state index < -0.39 is 42.0 Å². The molecule has 52 heavy (non-hydrogen) atoms. The first-order chi connectivity index (χ1) is 24.5. The Hall–Kier alpha value is -3.51. The number of likely N-dealkylation sites (N-methyl/N-ethyl adjacent to an activating group) is 2. The van der Waals surface area contributed by atoms with Crippen molar-refractivity contribution in [1.29, 1.82) is 0 Å². The summed E-state index contributed by atoms with van der Waals surface area (Å²) in [7, 11) is 5.04. The molecule has 9 atom stereocenters. The van der Waals surface area contributed by atoms with Crippen molar-refractivity contribution in [2.75, 3.05) is 34.3 Å². The topological polar surface area (TPSA) is 157 Å². The molecule has 1 saturated heterocycles. The molecule has 1 aliphatic rings. The zero-order chi connectivity index (χ0) is 39.3. The number of carbonyl (C=O) groups excluding carboxylic acids is 4. The first kappa shape index (κ1) is 44.7. The van der Waals surface area contributed by atoms with E-state index in [2.05, 4.69) is 36.7 Å². The van der Waals surface area contributed by atoms with Gasteiger partial charge in [0.1, 0.15) is 12.1 Å². The maximum absolute atomic E-state index is 14.0. The molecule has 0 radical (unpaired) electrons. The molecule has 2 rings (SSSR count). The number of likely N-dealkylation sites (tertiary alicyclic amines) is 1. The number of carboxylic acids is 1. The average molecular weight is 730 g/mol. The smallest absolute Gasteiger partial charge is 0.326 e. The minimum atomic E-state index is -1.12. The van der Waals surface area contributed by atoms with Crippen molar-refractivity contribution >= 4 is 29.6 Å². The largest absolute Gasteiger partial charge is 0.480 e. The Morgan fingerprint density at radius 2 is 1.54 bits per heavy atom. The molecule has 0 spiro atoms. The summed E-state index contributed by atoms with van der Waals surface area (Å²) >= 11 is 0. The van der Waals surface area contributed by atoms with Gasteiger partial charge in [0.05, 0.1) is 24.1 Å². The Morgan fingerprint density at radius 1 is 0.923 bits per heavy atom. The van der Waals surface area contributed by atoms with E-state index in [1.807, 2.05) is 62.9 Å². The van der Waals surface area contributed by atoms with E-state index in [1.165, 1.54) is 7.11 Å². The number of methoxy groups -OCH3 is 1. The molecule has 12 nitrogen and oxygen atoms in total. The molecule has 1 fully saturated rings. The highest BCUT2D eigenvalue weighted by Crippen LogP contribution is 2.32. The van der Waals surface area contributed by atoms with Gasteiger partial charge in [0.2, 0.25) is 23.6 Å². The number of ether oxygens (including phenoxy) is 1. The highest BCUT2D eigenvalue weighted by molar-refractivity contribution is 5.90. The Morgan fingerprint density at radius 3 is 2.06 bits per heavy atom. The van der Waals surface area contributed by atoms with Crippen molar-refractivity contribution in [1.82, 2.24) is 25.8 Å². The molecule has 0 aliphatic carbocycles. The SMILES string of the molecule is CC[C@H](C)C(CN(C)C(=O)[C@@H](NC(=O)[C@@H](NC)C(C)C)C(C)C)C(C)CC(=O)N1CCC[C@H]1C(OC)C(C)C(=O)N[C@@H](Cc1ccccc1)C(=O)O. The number of nitrogens with zero attached hydrogens (tertiary/aromatic N) is 2. The lowest BCUT2D eigenvalue weighted by Crippen LogP contribution is -2.56. The van der Waals surface area contributed by atoms with E-state index in [9.17, 15) is 29.1 Å². The third-order valence-corrected chi connectivity index (χ3v) is 11.0. The van der Waals surface area contributed by atoms with Gasteiger partial charge in [0, 0.05) is 40.1 Å². The minimum Gasteiger partial charge on any atom is -0.480 e. The zero-order valence-electron chi connectivity index (χ0n) is 33.5. The third-order valence-electron chi connectivity index (χ3n) is 11.0. The number of carbonyl (C=O) groups is 5. The van der Waals surface area contributed by atoms with Gasteiger partial charge in [0.15, 0.2) is 0 Å². The van der Waals surface area contributed by atoms with Crippen LogP contribution in [0.2, 0.25) is 0 Å². The number of rotatable bonds is 21. The molecule has 0 saturated carbocycles. The van der Waals surface area contributed by atoms with E-state index >= 15 is 0 Å². The van der Waals surface area contributed by atoms with Crippen LogP contribution in [0.15, 0.2) is 30.3 Å². The van der Waals surface area contributed by atoms with Crippen molar-refractivity contribution in [3.8, 4) is 0 Å². The van der Waals surface area contributed by atoms with Gasteiger partial charge in [-0.2, -0.15) is 0 Å². The van der Waals surface area contributed by atoms with Crippen LogP contribution in [0.3, 0.4) is 0 Å². The molecule has 4 amide bonds. The second-order valence-corrected chi connectivity index (χ2v) is 15.6. The lowest BCUT2D eigenvalue weighted by molar-refractivity contribution is -0.145. The van der Waals surface area contributed by atoms with Crippen molar-refractivity contribution in [3.05, 3.63) is 35.9 Å². The quantitative estimate of drug-likeness (QED) is 0.148. The molecule has 4 N–H and O–H groups in total. The molecule has 1 aromatic rings. The van der Waals surface area contributed by atoms with Gasteiger partial charge >= 0.3 is 5.97 Å². The second-order valence-electron chi connectivity index (χ2n) is 15.6. The first-order valence-corrected chi connectivity index (χ1v) is 19.1. The van der Waals surface area contributed by atoms with E-state index in [1.54, 1.807) is 25.9 Å². The fourth-order valence-electron chi connectivity index (χ4n) is 7.58. The van der Waals surface area contributed by atoms with Crippen molar-refractivity contribution in [2.24, 2.45) is 35.5 Å². The van der Waals surface area contributed by atoms with E-state index in [-0.39, 0.29) is 66.2 Å². The van der Waals surface area contributed by atoms with Crippen LogP contribution in [-0.4, -0.2) is 109 Å². The Kier molecular flexibility index (Phi) is 18.3. The molecule has 0 aromatic heterocycles. The third kappa shape index (κ3) is 12.3. The maximum Gasteiger partial charge on any atom is 0.326 e. The van der Waals surface area contributed by atoms with Crippen LogP contribution >= 0.6 is 0 Å². The van der Waals surface area contributed by atoms with Gasteiger partial charge in [-0.3, -0.25) is 19.2 Å². The van der Waals surface area contributed by atoms with E-state index in [0.717, 1.165) is 18.4 Å². The summed E-state index contributed by atoms with van der Waals surface area (Å²) in [5.74, 6) is -2.52. The maximum atomic E-state index is 14.0. The molecule has 12 heteroatoms. The summed E-state index contributed by atoms with van der Waals surface area (Å²) in [4.78, 5) is 69.9. The highest BCUT2D eigenvalue weighted by Gasteiger charge is 2.41. The van der Waals surface area contributed by atoms with Crippen molar-refractivity contribution < 1.29 is 33.8 Å². The normalized spacial score (nSPS) is 19.2. The fourth-order valence-corrected chi connectivity index (χ4v) is 7.58. The predicted octanol–water partition coefficient (Wildman–Crippen LogP) is 3.97. The Labute approximate surface area is 312 Å². The molecule has 1 heterocycles. The van der Waals surface area contributed by atoms with Gasteiger partial charge in [-0.15, -0.1) is 0 Å². The summed E-state index contributed by atoms with van der Waals surface area (Å²) in [5, 5.41) is 18.6. The van der Waals surface area contributed by atoms with E-state index in [0.29, 0.717) is 19.5 Å². The zero-order valence-corrected chi connectivity index (χ0v) is 33.5. The molecule has 1 aromatic carbocycles. The number of aliphatic carboxylic acids is 1. The minimum absolute atomic E-state index is 0.0219. The van der Waals surface area contributed by atoms with Gasteiger partial charge < -0.3 is 35.6 Å². The Bertz CT molecular complexity index is 1310. The lowest BCUT2D eigenvalue weighted by Gasteiger charge is -2.37. The van der Waals surface area contributed by atoms with Gasteiger partial charge in [0.25, 0.3) is 0 Å². The van der Waals surface area contributed by atoms with Crippen LogP contribution in [-0.2, 0) is 35.1 Å². The molecule has 0 bridgehead atoms. The van der Waals surface area contributed by atoms with Crippen LogP contribution < -0.4 is 16.0 Å². The predicted molar refractivity (Wildman–Crippen MR) is 203 cm³/mol. The monoisotopic (exact) mass is 730 g/mol. The van der Waals surface area contributed by atoms with Crippen LogP contribution in [0.1, 0.15) is 86.6 Å². The average Bonchev–Trinajstić information content (AvgIpc) is 3.58. The number of hydrogen-bond donors (Lipinski definition) is 4. The van der Waals surface area contributed by atoms with Gasteiger partial charge in [-0.1, -0.05) is 92.1 Å². The highest BCUT2D eigenvalue weighted by atomic mass is 16.5. The summed E-state index contributed by atoms with van der Waals surface area (Å²) < 4.78 is 5.87. The summed E-state index contributed by atoms with van der Waals surface area (Å²) in [6.07, 6.45) is 2.11. The standard InChI is InChI=1S/C40H67N5O7/c1-12-26(6)30(23-44(10)39(49)35(25(4)5)43-38(48)34(41-9)24(2)3)27(7)21-33(46)45-20-16-19-32(45)36(52-11)28(8)37(47)42-31(40(50)51)22-29-17-14-13-15-18-29/h13-15,17-18,24-28,30-32,34-36,41H,12,16,19-23H2,1-11H3,(H,42,47)(H,43,48)(H,50,51)/t26-,27?,28?,30?,31-,32-,34-,35-,36?/m0/s1. The van der Waals surface area contributed by atoms with Crippen molar-refractivity contribution in [2.45, 2.75) is 118 Å². The fraction of sp³-hybridized carbons (Fsp3) is 0.725. The lowest BCUT2D eigenvalue weighted by atomic mass is 9.79. The molecular formula is C40H67N5O7. The number of amides is 4. The van der Waals surface area contributed by atoms with Crippen LogP contribution in [0.5, 0.6) is 0 Å². The second kappa shape index (κ2) is 21.3. The summed E-state index contributed by atoms with van der Waals surface area (Å²) in [6.45, 7) is 16.8. The first-order valence-electron chi connectivity index (χ1n) is 19.1. The molecular weight excluding hydrogens is 662 g/mol. The number of carboxylic acid groups (broad SMARTS) is 1. The molecule has 4 unspecified atom stereocenters. The van der Waals surface area contributed by atoms with Crippen LogP contribution in [0.4, 0.5) is 0 Å². The number of benzene rings is 1. The molecule has 1 aliphatic heterocycles. The summed E-state index contributed by atoms with van der Waals surface area (Å²) in [5.41, 5.74) is 0.801. The summed E-state index contributed by atoms with van der Waals surface area (Å²) in [6, 6.07) is 6.62. The number of hydrogen-bond acceptors (Lipinski definition) is 7. The Balaban J connectivity index is 2.16. The van der Waals surface area contributed by atoms with E-state index in [4.69, 9.17) is 4.74 Å². The molecule has 294 valence electrons. The van der Waals surface area contributed by atoms with Crippen LogP contribution in [0, 0.1) is 35.5 Å². The van der Waals surface area contributed by atoms with Gasteiger partial charge in [-0.25, -0.2) is 4.79 Å². The van der Waals surface area contributed by atoms with Gasteiger partial charge in [-0.05, 0) is 55.0 Å². The number of nitrogens with one attached hydrogen (secondary N) is 3. The van der Waals surface area contributed by atoms with Crippen molar-refractivity contribution in [3.63, 3.8) is 0 Å².